The predicted molar refractivity (Wildman–Crippen MR) is 76.9 cm³/mol. The third kappa shape index (κ3) is 4.27. The van der Waals surface area contributed by atoms with E-state index >= 15 is 0 Å². The Labute approximate surface area is 113 Å². The van der Waals surface area contributed by atoms with E-state index in [-0.39, 0.29) is 11.9 Å². The predicted octanol–water partition coefficient (Wildman–Crippen LogP) is 0.894. The Morgan fingerprint density at radius 3 is 2.68 bits per heavy atom. The lowest BCUT2D eigenvalue weighted by Gasteiger charge is -2.28. The third-order valence-corrected chi connectivity index (χ3v) is 2.68. The van der Waals surface area contributed by atoms with Crippen molar-refractivity contribution in [1.82, 2.24) is 9.97 Å². The number of aromatic nitrogens is 2. The summed E-state index contributed by atoms with van der Waals surface area (Å²) < 4.78 is 0. The van der Waals surface area contributed by atoms with E-state index in [0.29, 0.717) is 18.9 Å². The molecule has 19 heavy (non-hydrogen) atoms. The van der Waals surface area contributed by atoms with Gasteiger partial charge < -0.3 is 20.7 Å². The molecular weight excluding hydrogens is 244 g/mol. The van der Waals surface area contributed by atoms with Crippen molar-refractivity contribution in [3.63, 3.8) is 0 Å². The van der Waals surface area contributed by atoms with Gasteiger partial charge in [0, 0.05) is 39.3 Å². The summed E-state index contributed by atoms with van der Waals surface area (Å²) in [5.41, 5.74) is 5.51. The van der Waals surface area contributed by atoms with Gasteiger partial charge in [-0.25, -0.2) is 4.98 Å². The first-order chi connectivity index (χ1) is 8.95. The molecule has 1 aromatic heterocycles. The molecule has 0 aromatic carbocycles. The van der Waals surface area contributed by atoms with Crippen molar-refractivity contribution in [1.29, 1.82) is 0 Å². The van der Waals surface area contributed by atoms with Crippen LogP contribution in [0.4, 0.5) is 11.8 Å². The Bertz CT molecular complexity index is 432. The van der Waals surface area contributed by atoms with E-state index in [2.05, 4.69) is 33.9 Å². The Morgan fingerprint density at radius 1 is 1.47 bits per heavy atom. The highest BCUT2D eigenvalue weighted by Gasteiger charge is 2.13. The fourth-order valence-corrected chi connectivity index (χ4v) is 1.64. The highest BCUT2D eigenvalue weighted by atomic mass is 16.4. The van der Waals surface area contributed by atoms with Crippen molar-refractivity contribution in [3.05, 3.63) is 12.3 Å². The second kappa shape index (κ2) is 6.77. The van der Waals surface area contributed by atoms with E-state index in [1.54, 1.807) is 6.20 Å². The highest BCUT2D eigenvalue weighted by Crippen LogP contribution is 2.16. The quantitative estimate of drug-likeness (QED) is 0.344. The van der Waals surface area contributed by atoms with E-state index < -0.39 is 0 Å². The van der Waals surface area contributed by atoms with Crippen molar-refractivity contribution < 1.29 is 5.21 Å². The lowest BCUT2D eigenvalue weighted by molar-refractivity contribution is 0.317. The number of nitrogens with zero attached hydrogens (tertiary/aromatic N) is 5. The summed E-state index contributed by atoms with van der Waals surface area (Å²) >= 11 is 0. The molecule has 7 heteroatoms. The molecule has 0 aliphatic heterocycles. The average Bonchev–Trinajstić information content (AvgIpc) is 2.38. The molecule has 3 N–H and O–H groups in total. The van der Waals surface area contributed by atoms with Crippen LogP contribution < -0.4 is 15.5 Å². The molecule has 0 bridgehead atoms. The maximum absolute atomic E-state index is 8.59. The zero-order chi connectivity index (χ0) is 14.4. The Kier molecular flexibility index (Phi) is 5.35. The Balaban J connectivity index is 2.89. The SMILES string of the molecule is CC(C)N(CCC(N)=NO)c1ccnc(N(C)C)n1. The van der Waals surface area contributed by atoms with Crippen LogP contribution in [0.15, 0.2) is 17.4 Å². The fraction of sp³-hybridized carbons (Fsp3) is 0.583. The molecule has 1 heterocycles. The summed E-state index contributed by atoms with van der Waals surface area (Å²) in [7, 11) is 3.80. The summed E-state index contributed by atoms with van der Waals surface area (Å²) in [5.74, 6) is 1.71. The van der Waals surface area contributed by atoms with Crippen molar-refractivity contribution in [3.8, 4) is 0 Å². The summed E-state index contributed by atoms with van der Waals surface area (Å²) in [4.78, 5) is 12.6. The van der Waals surface area contributed by atoms with Crippen molar-refractivity contribution in [2.45, 2.75) is 26.3 Å². The second-order valence-electron chi connectivity index (χ2n) is 4.74. The monoisotopic (exact) mass is 266 g/mol. The first kappa shape index (κ1) is 15.0. The minimum Gasteiger partial charge on any atom is -0.409 e. The summed E-state index contributed by atoms with van der Waals surface area (Å²) in [6.07, 6.45) is 2.21. The van der Waals surface area contributed by atoms with Gasteiger partial charge in [0.1, 0.15) is 11.7 Å². The fourth-order valence-electron chi connectivity index (χ4n) is 1.64. The minimum atomic E-state index is 0.215. The van der Waals surface area contributed by atoms with Crippen molar-refractivity contribution in [2.75, 3.05) is 30.4 Å². The standard InChI is InChI=1S/C12H22N6O/c1-9(2)18(8-6-10(13)16-19)11-5-7-14-12(15-11)17(3)4/h5,7,9,19H,6,8H2,1-4H3,(H2,13,16). The third-order valence-electron chi connectivity index (χ3n) is 2.68. The van der Waals surface area contributed by atoms with Gasteiger partial charge in [0.05, 0.1) is 0 Å². The normalized spacial score (nSPS) is 11.7. The number of hydrogen-bond acceptors (Lipinski definition) is 6. The molecule has 0 amide bonds. The Morgan fingerprint density at radius 2 is 2.16 bits per heavy atom. The molecule has 0 saturated carbocycles. The second-order valence-corrected chi connectivity index (χ2v) is 4.74. The van der Waals surface area contributed by atoms with Crippen molar-refractivity contribution >= 4 is 17.6 Å². The van der Waals surface area contributed by atoms with Gasteiger partial charge in [-0.3, -0.25) is 0 Å². The van der Waals surface area contributed by atoms with Crippen LogP contribution in [0, 0.1) is 0 Å². The molecule has 0 saturated heterocycles. The summed E-state index contributed by atoms with van der Waals surface area (Å²) in [5, 5.41) is 11.6. The first-order valence-electron chi connectivity index (χ1n) is 6.19. The van der Waals surface area contributed by atoms with Crippen LogP contribution in [0.5, 0.6) is 0 Å². The van der Waals surface area contributed by atoms with E-state index in [9.17, 15) is 0 Å². The molecule has 0 unspecified atom stereocenters. The maximum atomic E-state index is 8.59. The molecule has 0 spiro atoms. The van der Waals surface area contributed by atoms with Gasteiger partial charge in [0.2, 0.25) is 5.95 Å². The molecule has 7 nitrogen and oxygen atoms in total. The van der Waals surface area contributed by atoms with Crippen LogP contribution in [0.25, 0.3) is 0 Å². The van der Waals surface area contributed by atoms with E-state index in [1.807, 2.05) is 25.1 Å². The highest BCUT2D eigenvalue weighted by molar-refractivity contribution is 5.80. The van der Waals surface area contributed by atoms with Gasteiger partial charge >= 0.3 is 0 Å². The van der Waals surface area contributed by atoms with Gasteiger partial charge in [-0.15, -0.1) is 0 Å². The topological polar surface area (TPSA) is 90.9 Å². The molecule has 0 aliphatic carbocycles. The molecule has 1 rings (SSSR count). The van der Waals surface area contributed by atoms with Crippen molar-refractivity contribution in [2.24, 2.45) is 10.9 Å². The van der Waals surface area contributed by atoms with Crippen LogP contribution >= 0.6 is 0 Å². The molecule has 0 fully saturated rings. The zero-order valence-corrected chi connectivity index (χ0v) is 11.9. The molecule has 106 valence electrons. The molecule has 0 atom stereocenters. The van der Waals surface area contributed by atoms with E-state index in [1.165, 1.54) is 0 Å². The van der Waals surface area contributed by atoms with E-state index in [0.717, 1.165) is 5.82 Å². The number of anilines is 2. The average molecular weight is 266 g/mol. The number of hydrogen-bond donors (Lipinski definition) is 2. The van der Waals surface area contributed by atoms with Crippen LogP contribution in [-0.4, -0.2) is 47.7 Å². The van der Waals surface area contributed by atoms with Crippen LogP contribution in [-0.2, 0) is 0 Å². The number of rotatable bonds is 6. The molecule has 1 aromatic rings. The summed E-state index contributed by atoms with van der Waals surface area (Å²) in [6.45, 7) is 4.78. The van der Waals surface area contributed by atoms with Gasteiger partial charge in [-0.1, -0.05) is 5.16 Å². The maximum Gasteiger partial charge on any atom is 0.226 e. The van der Waals surface area contributed by atoms with Gasteiger partial charge in [-0.05, 0) is 19.9 Å². The smallest absolute Gasteiger partial charge is 0.226 e. The summed E-state index contributed by atoms with van der Waals surface area (Å²) in [6, 6.07) is 2.12. The van der Waals surface area contributed by atoms with Gasteiger partial charge in [0.25, 0.3) is 0 Å². The largest absolute Gasteiger partial charge is 0.409 e. The zero-order valence-electron chi connectivity index (χ0n) is 11.9. The minimum absolute atomic E-state index is 0.215. The van der Waals surface area contributed by atoms with Crippen LogP contribution in [0.1, 0.15) is 20.3 Å². The number of oxime groups is 1. The van der Waals surface area contributed by atoms with Crippen LogP contribution in [0.2, 0.25) is 0 Å². The van der Waals surface area contributed by atoms with E-state index in [4.69, 9.17) is 10.9 Å². The first-order valence-corrected chi connectivity index (χ1v) is 6.19. The lowest BCUT2D eigenvalue weighted by Crippen LogP contribution is -2.35. The molecule has 0 aliphatic rings. The molecule has 0 radical (unpaired) electrons. The van der Waals surface area contributed by atoms with Crippen LogP contribution in [0.3, 0.4) is 0 Å². The number of amidine groups is 1. The van der Waals surface area contributed by atoms with Gasteiger partial charge in [0.15, 0.2) is 0 Å². The molecular formula is C12H22N6O. The number of nitrogens with two attached hydrogens (primary N) is 1. The lowest BCUT2D eigenvalue weighted by atomic mass is 10.2. The Hall–Kier alpha value is -2.05. The van der Waals surface area contributed by atoms with Gasteiger partial charge in [-0.2, -0.15) is 4.98 Å².